The molecule has 2 aromatic rings. The summed E-state index contributed by atoms with van der Waals surface area (Å²) in [5, 5.41) is 13.5. The highest BCUT2D eigenvalue weighted by Gasteiger charge is 2.62. The summed E-state index contributed by atoms with van der Waals surface area (Å²) in [4.78, 5) is 33.9. The Bertz CT molecular complexity index is 1140. The number of aromatic nitrogens is 1. The van der Waals surface area contributed by atoms with Crippen molar-refractivity contribution < 1.29 is 27.9 Å². The Kier molecular flexibility index (Phi) is 5.43. The SMILES string of the molecule is CNC(=O)c1csc2c(C(F)(F)F)cc(N3CCC(C4N(C(=O)O)CC45CN(C)C5)CC3)nc12. The van der Waals surface area contributed by atoms with Gasteiger partial charge < -0.3 is 25.1 Å². The number of nitrogens with zero attached hydrogens (tertiary/aromatic N) is 4. The van der Waals surface area contributed by atoms with Crippen LogP contribution in [0.4, 0.5) is 23.8 Å². The first-order valence-electron chi connectivity index (χ1n) is 11.2. The predicted molar refractivity (Wildman–Crippen MR) is 121 cm³/mol. The molecule has 0 saturated carbocycles. The summed E-state index contributed by atoms with van der Waals surface area (Å²) in [6.45, 7) is 3.25. The van der Waals surface area contributed by atoms with Crippen LogP contribution in [0.3, 0.4) is 0 Å². The van der Waals surface area contributed by atoms with Crippen molar-refractivity contribution >= 4 is 39.4 Å². The lowest BCUT2D eigenvalue weighted by atomic mass is 9.60. The third-order valence-electron chi connectivity index (χ3n) is 7.46. The monoisotopic (exact) mass is 497 g/mol. The molecule has 0 aromatic carbocycles. The maximum absolute atomic E-state index is 13.9. The van der Waals surface area contributed by atoms with Crippen molar-refractivity contribution in [1.29, 1.82) is 0 Å². The maximum Gasteiger partial charge on any atom is 0.417 e. The zero-order chi connectivity index (χ0) is 24.4. The molecule has 2 N–H and O–H groups in total. The first-order chi connectivity index (χ1) is 16.0. The number of carboxylic acid groups (broad SMARTS) is 1. The fourth-order valence-electron chi connectivity index (χ4n) is 6.11. The summed E-state index contributed by atoms with van der Waals surface area (Å²) in [6, 6.07) is 1.02. The zero-order valence-electron chi connectivity index (χ0n) is 18.9. The van der Waals surface area contributed by atoms with Gasteiger partial charge in [-0.2, -0.15) is 13.2 Å². The van der Waals surface area contributed by atoms with E-state index in [1.54, 1.807) is 0 Å². The van der Waals surface area contributed by atoms with Crippen LogP contribution in [0.2, 0.25) is 0 Å². The van der Waals surface area contributed by atoms with Gasteiger partial charge >= 0.3 is 12.3 Å². The summed E-state index contributed by atoms with van der Waals surface area (Å²) < 4.78 is 41.5. The molecule has 3 aliphatic rings. The van der Waals surface area contributed by atoms with Gasteiger partial charge in [-0.15, -0.1) is 11.3 Å². The number of rotatable bonds is 3. The smallest absolute Gasteiger partial charge is 0.417 e. The van der Waals surface area contributed by atoms with Crippen LogP contribution in [0, 0.1) is 11.3 Å². The summed E-state index contributed by atoms with van der Waals surface area (Å²) in [5.41, 5.74) is -0.599. The Morgan fingerprint density at radius 1 is 1.24 bits per heavy atom. The standard InChI is InChI=1S/C22H26F3N5O3S/c1-26-19(31)13-8-34-17-14(22(23,24)25)7-15(27-16(13)17)29-5-3-12(4-6-29)18-21(9-28(2)10-21)11-30(18)20(32)33/h7-8,12,18H,3-6,9-11H2,1-2H3,(H,26,31)(H,32,33). The molecule has 0 radical (unpaired) electrons. The minimum atomic E-state index is -4.57. The molecule has 3 aliphatic heterocycles. The number of hydrogen-bond donors (Lipinski definition) is 2. The van der Waals surface area contributed by atoms with E-state index in [1.807, 2.05) is 11.9 Å². The van der Waals surface area contributed by atoms with E-state index >= 15 is 0 Å². The van der Waals surface area contributed by atoms with Crippen molar-refractivity contribution in [2.45, 2.75) is 25.1 Å². The molecule has 1 unspecified atom stereocenters. The molecule has 34 heavy (non-hydrogen) atoms. The number of anilines is 1. The average Bonchev–Trinajstić information content (AvgIpc) is 3.17. The molecule has 0 aliphatic carbocycles. The molecule has 2 amide bonds. The number of fused-ring (bicyclic) bond motifs is 1. The van der Waals surface area contributed by atoms with E-state index in [2.05, 4.69) is 15.2 Å². The van der Waals surface area contributed by atoms with Gasteiger partial charge in [0.15, 0.2) is 0 Å². The van der Waals surface area contributed by atoms with E-state index in [1.165, 1.54) is 17.3 Å². The molecule has 3 fully saturated rings. The van der Waals surface area contributed by atoms with E-state index in [9.17, 15) is 27.9 Å². The van der Waals surface area contributed by atoms with E-state index in [-0.39, 0.29) is 39.0 Å². The average molecular weight is 498 g/mol. The van der Waals surface area contributed by atoms with Gasteiger partial charge in [0.25, 0.3) is 5.91 Å². The Hall–Kier alpha value is -2.60. The molecule has 3 saturated heterocycles. The topological polar surface area (TPSA) is 89.0 Å². The van der Waals surface area contributed by atoms with Gasteiger partial charge in [-0.3, -0.25) is 4.79 Å². The first-order valence-corrected chi connectivity index (χ1v) is 12.1. The number of carbonyl (C=O) groups excluding carboxylic acids is 1. The van der Waals surface area contributed by atoms with Gasteiger partial charge in [0.05, 0.1) is 21.3 Å². The van der Waals surface area contributed by atoms with E-state index in [0.717, 1.165) is 30.5 Å². The highest BCUT2D eigenvalue weighted by molar-refractivity contribution is 7.17. The number of carbonyl (C=O) groups is 2. The number of hydrogen-bond acceptors (Lipinski definition) is 6. The normalized spacial score (nSPS) is 23.1. The van der Waals surface area contributed by atoms with Crippen LogP contribution in [0.1, 0.15) is 28.8 Å². The van der Waals surface area contributed by atoms with Crippen LogP contribution in [0.15, 0.2) is 11.4 Å². The molecule has 0 bridgehead atoms. The van der Waals surface area contributed by atoms with Crippen LogP contribution in [-0.4, -0.2) is 84.8 Å². The van der Waals surface area contributed by atoms with Crippen molar-refractivity contribution in [1.82, 2.24) is 20.1 Å². The van der Waals surface area contributed by atoms with Gasteiger partial charge in [0.1, 0.15) is 5.82 Å². The summed E-state index contributed by atoms with van der Waals surface area (Å²) in [6.07, 6.45) is -4.14. The molecular weight excluding hydrogens is 471 g/mol. The third kappa shape index (κ3) is 3.58. The van der Waals surface area contributed by atoms with Crippen molar-refractivity contribution in [3.05, 3.63) is 22.6 Å². The number of nitrogens with one attached hydrogen (secondary N) is 1. The molecule has 5 rings (SSSR count). The Labute approximate surface area is 198 Å². The van der Waals surface area contributed by atoms with E-state index in [4.69, 9.17) is 0 Å². The second kappa shape index (κ2) is 7.98. The van der Waals surface area contributed by atoms with Crippen LogP contribution < -0.4 is 10.2 Å². The number of thiophene rings is 1. The van der Waals surface area contributed by atoms with E-state index in [0.29, 0.717) is 32.5 Å². The minimum Gasteiger partial charge on any atom is -0.465 e. The third-order valence-corrected chi connectivity index (χ3v) is 8.46. The lowest BCUT2D eigenvalue weighted by Gasteiger charge is -2.66. The highest BCUT2D eigenvalue weighted by Crippen LogP contribution is 2.50. The van der Waals surface area contributed by atoms with Gasteiger partial charge in [0.2, 0.25) is 0 Å². The molecular formula is C22H26F3N5O3S. The lowest BCUT2D eigenvalue weighted by molar-refractivity contribution is -0.163. The quantitative estimate of drug-likeness (QED) is 0.677. The van der Waals surface area contributed by atoms with Gasteiger partial charge in [-0.1, -0.05) is 0 Å². The maximum atomic E-state index is 13.9. The zero-order valence-corrected chi connectivity index (χ0v) is 19.7. The molecule has 2 aromatic heterocycles. The fraction of sp³-hybridized carbons (Fsp3) is 0.591. The van der Waals surface area contributed by atoms with Crippen LogP contribution >= 0.6 is 11.3 Å². The van der Waals surface area contributed by atoms with Gasteiger partial charge in [0, 0.05) is 56.6 Å². The molecule has 184 valence electrons. The number of pyridine rings is 1. The molecule has 12 heteroatoms. The molecule has 8 nitrogen and oxygen atoms in total. The second-order valence-corrected chi connectivity index (χ2v) is 10.5. The molecule has 1 atom stereocenters. The molecule has 5 heterocycles. The molecule has 1 spiro atoms. The van der Waals surface area contributed by atoms with Crippen LogP contribution in [-0.2, 0) is 6.18 Å². The van der Waals surface area contributed by atoms with Crippen LogP contribution in [0.5, 0.6) is 0 Å². The minimum absolute atomic E-state index is 0.000314. The fourth-order valence-corrected chi connectivity index (χ4v) is 7.14. The predicted octanol–water partition coefficient (Wildman–Crippen LogP) is 3.19. The van der Waals surface area contributed by atoms with Crippen molar-refractivity contribution in [3.8, 4) is 0 Å². The van der Waals surface area contributed by atoms with Gasteiger partial charge in [-0.25, -0.2) is 9.78 Å². The number of piperidine rings is 1. The van der Waals surface area contributed by atoms with Crippen molar-refractivity contribution in [2.75, 3.05) is 51.7 Å². The Balaban J connectivity index is 1.40. The Morgan fingerprint density at radius 2 is 1.91 bits per heavy atom. The summed E-state index contributed by atoms with van der Waals surface area (Å²) >= 11 is 0.866. The highest BCUT2D eigenvalue weighted by atomic mass is 32.1. The largest absolute Gasteiger partial charge is 0.465 e. The number of likely N-dealkylation sites (tertiary alicyclic amines) is 2. The number of halogens is 3. The van der Waals surface area contributed by atoms with Crippen LogP contribution in [0.25, 0.3) is 10.2 Å². The Morgan fingerprint density at radius 3 is 2.47 bits per heavy atom. The number of alkyl halides is 3. The van der Waals surface area contributed by atoms with Gasteiger partial charge in [-0.05, 0) is 31.9 Å². The summed E-state index contributed by atoms with van der Waals surface area (Å²) in [7, 11) is 3.45. The van der Waals surface area contributed by atoms with E-state index < -0.39 is 23.7 Å². The second-order valence-electron chi connectivity index (χ2n) is 9.65. The van der Waals surface area contributed by atoms with Crippen molar-refractivity contribution in [2.24, 2.45) is 11.3 Å². The lowest BCUT2D eigenvalue weighted by Crippen LogP contribution is -2.79. The summed E-state index contributed by atoms with van der Waals surface area (Å²) in [5.74, 6) is -0.121. The van der Waals surface area contributed by atoms with Crippen molar-refractivity contribution in [3.63, 3.8) is 0 Å². The number of amides is 2. The first kappa shape index (κ1) is 23.2.